The van der Waals surface area contributed by atoms with E-state index in [-0.39, 0.29) is 23.6 Å². The molecule has 0 radical (unpaired) electrons. The Labute approximate surface area is 122 Å². The maximum absolute atomic E-state index is 14.0. The number of halogens is 1. The van der Waals surface area contributed by atoms with Crippen LogP contribution in [0, 0.1) is 5.82 Å². The lowest BCUT2D eigenvalue weighted by Crippen LogP contribution is -2.37. The highest BCUT2D eigenvalue weighted by molar-refractivity contribution is 5.99. The van der Waals surface area contributed by atoms with E-state index in [0.717, 1.165) is 11.0 Å². The van der Waals surface area contributed by atoms with Gasteiger partial charge in [-0.1, -0.05) is 6.92 Å². The lowest BCUT2D eigenvalue weighted by Gasteiger charge is -2.22. The molecule has 1 rings (SSSR count). The molecule has 1 N–H and O–H groups in total. The maximum atomic E-state index is 14.0. The van der Waals surface area contributed by atoms with E-state index in [9.17, 15) is 14.0 Å². The quantitative estimate of drug-likeness (QED) is 0.830. The first-order valence-corrected chi connectivity index (χ1v) is 6.37. The van der Waals surface area contributed by atoms with Crippen molar-refractivity contribution in [3.63, 3.8) is 0 Å². The summed E-state index contributed by atoms with van der Waals surface area (Å²) in [6, 6.07) is 2.42. The molecule has 0 saturated carbocycles. The van der Waals surface area contributed by atoms with Gasteiger partial charge < -0.3 is 19.5 Å². The molecule has 1 aromatic carbocycles. The second kappa shape index (κ2) is 7.47. The number of methoxy groups -OCH3 is 2. The number of ether oxygens (including phenoxy) is 2. The zero-order chi connectivity index (χ0) is 16.0. The van der Waals surface area contributed by atoms with Crippen LogP contribution < -0.4 is 9.47 Å². The highest BCUT2D eigenvalue weighted by atomic mass is 19.1. The van der Waals surface area contributed by atoms with Gasteiger partial charge in [-0.15, -0.1) is 0 Å². The molecule has 0 heterocycles. The predicted octanol–water partition coefficient (Wildman–Crippen LogP) is 1.78. The number of rotatable bonds is 7. The highest BCUT2D eigenvalue weighted by Gasteiger charge is 2.27. The number of amides is 1. The number of hydrogen-bond acceptors (Lipinski definition) is 4. The summed E-state index contributed by atoms with van der Waals surface area (Å²) in [5.74, 6) is -2.54. The molecule has 116 valence electrons. The smallest absolute Gasteiger partial charge is 0.323 e. The molecule has 1 amide bonds. The van der Waals surface area contributed by atoms with Gasteiger partial charge in [0.15, 0.2) is 11.5 Å². The van der Waals surface area contributed by atoms with Crippen LogP contribution in [0.3, 0.4) is 0 Å². The number of hydrogen-bond donors (Lipinski definition) is 1. The Morgan fingerprint density at radius 2 is 1.95 bits per heavy atom. The lowest BCUT2D eigenvalue weighted by atomic mass is 10.1. The van der Waals surface area contributed by atoms with E-state index in [1.807, 2.05) is 0 Å². The molecule has 0 aliphatic carbocycles. The molecule has 0 aromatic heterocycles. The van der Waals surface area contributed by atoms with Crippen LogP contribution in [0.5, 0.6) is 11.5 Å². The Morgan fingerprint density at radius 1 is 1.29 bits per heavy atom. The second-order valence-electron chi connectivity index (χ2n) is 4.28. The number of carbonyl (C=O) groups is 2. The van der Waals surface area contributed by atoms with Crippen LogP contribution >= 0.6 is 0 Å². The summed E-state index contributed by atoms with van der Waals surface area (Å²) in [6.45, 7) is 1.48. The van der Waals surface area contributed by atoms with Crippen molar-refractivity contribution in [2.75, 3.05) is 27.3 Å². The summed E-state index contributed by atoms with van der Waals surface area (Å²) < 4.78 is 24.1. The van der Waals surface area contributed by atoms with Gasteiger partial charge in [-0.3, -0.25) is 9.59 Å². The van der Waals surface area contributed by atoms with E-state index in [4.69, 9.17) is 14.6 Å². The fourth-order valence-corrected chi connectivity index (χ4v) is 1.95. The van der Waals surface area contributed by atoms with E-state index in [1.54, 1.807) is 6.92 Å². The van der Waals surface area contributed by atoms with Crippen molar-refractivity contribution in [3.8, 4) is 11.5 Å². The molecule has 21 heavy (non-hydrogen) atoms. The van der Waals surface area contributed by atoms with Crippen LogP contribution in [0.1, 0.15) is 23.7 Å². The molecule has 0 fully saturated rings. The predicted molar refractivity (Wildman–Crippen MR) is 73.3 cm³/mol. The average molecular weight is 299 g/mol. The Balaban J connectivity index is 3.28. The molecule has 0 unspecified atom stereocenters. The van der Waals surface area contributed by atoms with Crippen molar-refractivity contribution >= 4 is 11.9 Å². The number of carboxylic acids is 1. The summed E-state index contributed by atoms with van der Waals surface area (Å²) in [7, 11) is 2.65. The first-order valence-electron chi connectivity index (χ1n) is 6.37. The van der Waals surface area contributed by atoms with Crippen molar-refractivity contribution in [2.45, 2.75) is 13.3 Å². The van der Waals surface area contributed by atoms with Gasteiger partial charge in [0.05, 0.1) is 14.2 Å². The first-order chi connectivity index (χ1) is 9.96. The van der Waals surface area contributed by atoms with Gasteiger partial charge in [0.1, 0.15) is 17.9 Å². The minimum Gasteiger partial charge on any atom is -0.493 e. The minimum atomic E-state index is -1.17. The molecule has 0 aliphatic heterocycles. The molecule has 0 bridgehead atoms. The maximum Gasteiger partial charge on any atom is 0.323 e. The van der Waals surface area contributed by atoms with Crippen LogP contribution in [0.2, 0.25) is 0 Å². The second-order valence-corrected chi connectivity index (χ2v) is 4.28. The number of nitrogens with zero attached hydrogens (tertiary/aromatic N) is 1. The van der Waals surface area contributed by atoms with Gasteiger partial charge in [0.25, 0.3) is 5.91 Å². The number of carboxylic acid groups (broad SMARTS) is 1. The topological polar surface area (TPSA) is 76.1 Å². The number of aliphatic carboxylic acids is 1. The third kappa shape index (κ3) is 3.84. The summed E-state index contributed by atoms with van der Waals surface area (Å²) in [5.41, 5.74) is -0.327. The van der Waals surface area contributed by atoms with E-state index in [1.165, 1.54) is 20.3 Å². The fourth-order valence-electron chi connectivity index (χ4n) is 1.95. The van der Waals surface area contributed by atoms with Gasteiger partial charge >= 0.3 is 5.97 Å². The Bertz CT molecular complexity index is 532. The Kier molecular flexibility index (Phi) is 5.95. The monoisotopic (exact) mass is 299 g/mol. The van der Waals surface area contributed by atoms with Crippen LogP contribution in [0.4, 0.5) is 4.39 Å². The van der Waals surface area contributed by atoms with Gasteiger partial charge in [-0.2, -0.15) is 0 Å². The lowest BCUT2D eigenvalue weighted by molar-refractivity contribution is -0.137. The molecular formula is C14H18FNO5. The van der Waals surface area contributed by atoms with Crippen LogP contribution in [0.25, 0.3) is 0 Å². The normalized spacial score (nSPS) is 10.1. The molecule has 0 spiro atoms. The van der Waals surface area contributed by atoms with Gasteiger partial charge in [-0.05, 0) is 18.6 Å². The molecule has 6 nitrogen and oxygen atoms in total. The summed E-state index contributed by atoms with van der Waals surface area (Å²) in [6.07, 6.45) is 0.549. The third-order valence-corrected chi connectivity index (χ3v) is 2.82. The largest absolute Gasteiger partial charge is 0.493 e. The third-order valence-electron chi connectivity index (χ3n) is 2.82. The summed E-state index contributed by atoms with van der Waals surface area (Å²) >= 11 is 0. The standard InChI is InChI=1S/C14H18FNO5/c1-4-7-16(8-11(17)18)14(19)12-9(15)5-6-10(20-2)13(12)21-3/h5-6H,4,7-8H2,1-3H3,(H,17,18). The van der Waals surface area contributed by atoms with Gasteiger partial charge in [-0.25, -0.2) is 4.39 Å². The van der Waals surface area contributed by atoms with Crippen molar-refractivity contribution in [3.05, 3.63) is 23.5 Å². The molecule has 1 aromatic rings. The highest BCUT2D eigenvalue weighted by Crippen LogP contribution is 2.33. The minimum absolute atomic E-state index is 0.0472. The van der Waals surface area contributed by atoms with Crippen LogP contribution in [-0.2, 0) is 4.79 Å². The summed E-state index contributed by atoms with van der Waals surface area (Å²) in [4.78, 5) is 24.3. The Morgan fingerprint density at radius 3 is 2.43 bits per heavy atom. The molecule has 7 heteroatoms. The molecule has 0 aliphatic rings. The SMILES string of the molecule is CCCN(CC(=O)O)C(=O)c1c(F)ccc(OC)c1OC. The molecule has 0 saturated heterocycles. The summed E-state index contributed by atoms with van der Waals surface area (Å²) in [5, 5.41) is 8.86. The fraction of sp³-hybridized carbons (Fsp3) is 0.429. The zero-order valence-electron chi connectivity index (χ0n) is 12.2. The van der Waals surface area contributed by atoms with Gasteiger partial charge in [0.2, 0.25) is 0 Å². The van der Waals surface area contributed by atoms with E-state index >= 15 is 0 Å². The van der Waals surface area contributed by atoms with Crippen molar-refractivity contribution in [1.29, 1.82) is 0 Å². The van der Waals surface area contributed by atoms with Crippen LogP contribution in [-0.4, -0.2) is 49.2 Å². The first kappa shape index (κ1) is 16.7. The molecule has 0 atom stereocenters. The van der Waals surface area contributed by atoms with Crippen molar-refractivity contribution in [2.24, 2.45) is 0 Å². The van der Waals surface area contributed by atoms with Gasteiger partial charge in [0, 0.05) is 6.54 Å². The number of carbonyl (C=O) groups excluding carboxylic acids is 1. The zero-order valence-corrected chi connectivity index (χ0v) is 12.2. The van der Waals surface area contributed by atoms with E-state index in [2.05, 4.69) is 0 Å². The van der Waals surface area contributed by atoms with Crippen molar-refractivity contribution in [1.82, 2.24) is 4.90 Å². The van der Waals surface area contributed by atoms with E-state index in [0.29, 0.717) is 6.42 Å². The van der Waals surface area contributed by atoms with Crippen LogP contribution in [0.15, 0.2) is 12.1 Å². The number of benzene rings is 1. The van der Waals surface area contributed by atoms with E-state index < -0.39 is 24.2 Å². The Hall–Kier alpha value is -2.31. The van der Waals surface area contributed by atoms with Crippen molar-refractivity contribution < 1.29 is 28.6 Å². The molecular weight excluding hydrogens is 281 g/mol. The average Bonchev–Trinajstić information content (AvgIpc) is 2.45.